The number of nitrogens with one attached hydrogen (secondary N) is 1. The number of anilines is 2. The molecule has 2 heterocycles. The molecule has 4 nitrogen and oxygen atoms in total. The smallest absolute Gasteiger partial charge is 0.152 e. The molecule has 1 aliphatic heterocycles. The van der Waals surface area contributed by atoms with Gasteiger partial charge in [0, 0.05) is 32.7 Å². The third kappa shape index (κ3) is 3.40. The molecule has 2 rings (SSSR count). The summed E-state index contributed by atoms with van der Waals surface area (Å²) in [5, 5.41) is 8.09. The molecule has 1 aromatic rings. The van der Waals surface area contributed by atoms with Crippen LogP contribution in [0.5, 0.6) is 0 Å². The van der Waals surface area contributed by atoms with Gasteiger partial charge in [-0.25, -0.2) is 0 Å². The van der Waals surface area contributed by atoms with Crippen LogP contribution in [0, 0.1) is 0 Å². The van der Waals surface area contributed by atoms with E-state index in [2.05, 4.69) is 28.3 Å². The Hall–Kier alpha value is -1.19. The van der Waals surface area contributed by atoms with Crippen LogP contribution in [0.3, 0.4) is 0 Å². The molecule has 18 heavy (non-hydrogen) atoms. The van der Waals surface area contributed by atoms with Gasteiger partial charge in [0.25, 0.3) is 0 Å². The zero-order chi connectivity index (χ0) is 12.8. The number of hydrogen-bond acceptors (Lipinski definition) is 3. The zero-order valence-electron chi connectivity index (χ0n) is 11.8. The standard InChI is InChI=1S/C14H26N4/c1-3-4-6-9-15-13-12-14(16-17(13)2)18-10-7-5-8-11-18/h12,15H,3-11H2,1-2H3. The average Bonchev–Trinajstić information content (AvgIpc) is 2.77. The molecule has 0 saturated carbocycles. The van der Waals surface area contributed by atoms with Crippen LogP contribution >= 0.6 is 0 Å². The lowest BCUT2D eigenvalue weighted by atomic mass is 10.1. The van der Waals surface area contributed by atoms with E-state index in [0.29, 0.717) is 0 Å². The van der Waals surface area contributed by atoms with E-state index in [4.69, 9.17) is 0 Å². The average molecular weight is 250 g/mol. The quantitative estimate of drug-likeness (QED) is 0.788. The number of aryl methyl sites for hydroxylation is 1. The van der Waals surface area contributed by atoms with Crippen LogP contribution in [0.2, 0.25) is 0 Å². The van der Waals surface area contributed by atoms with Gasteiger partial charge in [0.15, 0.2) is 5.82 Å². The lowest BCUT2D eigenvalue weighted by molar-refractivity contribution is 0.570. The fraction of sp³-hybridized carbons (Fsp3) is 0.786. The lowest BCUT2D eigenvalue weighted by Gasteiger charge is -2.26. The molecule has 4 heteroatoms. The van der Waals surface area contributed by atoms with E-state index in [0.717, 1.165) is 31.3 Å². The normalized spacial score (nSPS) is 16.0. The van der Waals surface area contributed by atoms with Crippen molar-refractivity contribution in [3.05, 3.63) is 6.07 Å². The summed E-state index contributed by atoms with van der Waals surface area (Å²) in [6.07, 6.45) is 7.77. The van der Waals surface area contributed by atoms with Crippen LogP contribution in [0.25, 0.3) is 0 Å². The summed E-state index contributed by atoms with van der Waals surface area (Å²) >= 11 is 0. The molecule has 0 aromatic carbocycles. The van der Waals surface area contributed by atoms with E-state index in [9.17, 15) is 0 Å². The number of hydrogen-bond donors (Lipinski definition) is 1. The first-order valence-corrected chi connectivity index (χ1v) is 7.34. The van der Waals surface area contributed by atoms with Crippen LogP contribution in [0.1, 0.15) is 45.4 Å². The van der Waals surface area contributed by atoms with Crippen LogP contribution in [0.4, 0.5) is 11.6 Å². The third-order valence-electron chi connectivity index (χ3n) is 3.63. The minimum atomic E-state index is 1.05. The second kappa shape index (κ2) is 6.66. The van der Waals surface area contributed by atoms with Crippen molar-refractivity contribution in [2.75, 3.05) is 29.9 Å². The van der Waals surface area contributed by atoms with Crippen molar-refractivity contribution >= 4 is 11.6 Å². The maximum atomic E-state index is 4.61. The molecule has 0 unspecified atom stereocenters. The predicted molar refractivity (Wildman–Crippen MR) is 77.3 cm³/mol. The fourth-order valence-corrected chi connectivity index (χ4v) is 2.49. The molecule has 1 N–H and O–H groups in total. The highest BCUT2D eigenvalue weighted by atomic mass is 15.4. The Morgan fingerprint density at radius 1 is 1.22 bits per heavy atom. The van der Waals surface area contributed by atoms with E-state index in [-0.39, 0.29) is 0 Å². The Balaban J connectivity index is 1.89. The Morgan fingerprint density at radius 3 is 2.72 bits per heavy atom. The molecular weight excluding hydrogens is 224 g/mol. The summed E-state index contributed by atoms with van der Waals surface area (Å²) in [4.78, 5) is 2.40. The maximum Gasteiger partial charge on any atom is 0.152 e. The summed E-state index contributed by atoms with van der Waals surface area (Å²) in [7, 11) is 2.02. The highest BCUT2D eigenvalue weighted by molar-refractivity contribution is 5.50. The summed E-state index contributed by atoms with van der Waals surface area (Å²) in [6, 6.07) is 2.19. The van der Waals surface area contributed by atoms with Crippen LogP contribution in [-0.2, 0) is 7.05 Å². The minimum absolute atomic E-state index is 1.05. The molecule has 1 aliphatic rings. The molecule has 0 radical (unpaired) electrons. The molecule has 0 aliphatic carbocycles. The molecule has 0 atom stereocenters. The summed E-state index contributed by atoms with van der Waals surface area (Å²) in [5.74, 6) is 2.28. The van der Waals surface area contributed by atoms with Crippen LogP contribution < -0.4 is 10.2 Å². The lowest BCUT2D eigenvalue weighted by Crippen LogP contribution is -2.29. The van der Waals surface area contributed by atoms with Gasteiger partial charge < -0.3 is 10.2 Å². The first kappa shape index (κ1) is 13.2. The van der Waals surface area contributed by atoms with Crippen LogP contribution in [-0.4, -0.2) is 29.4 Å². The fourth-order valence-electron chi connectivity index (χ4n) is 2.49. The Bertz CT molecular complexity index is 353. The second-order valence-corrected chi connectivity index (χ2v) is 5.19. The topological polar surface area (TPSA) is 33.1 Å². The number of nitrogens with zero attached hydrogens (tertiary/aromatic N) is 3. The van der Waals surface area contributed by atoms with Gasteiger partial charge >= 0.3 is 0 Å². The van der Waals surface area contributed by atoms with Crippen molar-refractivity contribution in [1.29, 1.82) is 0 Å². The van der Waals surface area contributed by atoms with Crippen molar-refractivity contribution < 1.29 is 0 Å². The van der Waals surface area contributed by atoms with Gasteiger partial charge in [-0.05, 0) is 25.7 Å². The monoisotopic (exact) mass is 250 g/mol. The molecule has 1 saturated heterocycles. The van der Waals surface area contributed by atoms with Crippen molar-refractivity contribution in [2.45, 2.75) is 45.4 Å². The zero-order valence-corrected chi connectivity index (χ0v) is 11.8. The molecule has 0 spiro atoms. The van der Waals surface area contributed by atoms with Gasteiger partial charge in [-0.3, -0.25) is 4.68 Å². The molecule has 1 aromatic heterocycles. The highest BCUT2D eigenvalue weighted by Gasteiger charge is 2.14. The first-order valence-electron chi connectivity index (χ1n) is 7.34. The number of unbranched alkanes of at least 4 members (excludes halogenated alkanes) is 2. The van der Waals surface area contributed by atoms with Crippen molar-refractivity contribution in [1.82, 2.24) is 9.78 Å². The number of aromatic nitrogens is 2. The van der Waals surface area contributed by atoms with Gasteiger partial charge in [0.2, 0.25) is 0 Å². The van der Waals surface area contributed by atoms with Crippen molar-refractivity contribution in [3.8, 4) is 0 Å². The largest absolute Gasteiger partial charge is 0.370 e. The van der Waals surface area contributed by atoms with Gasteiger partial charge in [-0.15, -0.1) is 0 Å². The summed E-state index contributed by atoms with van der Waals surface area (Å²) in [6.45, 7) is 5.60. The SMILES string of the molecule is CCCCCNc1cc(N2CCCCC2)nn1C. The van der Waals surface area contributed by atoms with Gasteiger partial charge in [0.1, 0.15) is 5.82 Å². The molecular formula is C14H26N4. The third-order valence-corrected chi connectivity index (χ3v) is 3.63. The first-order chi connectivity index (χ1) is 8.81. The summed E-state index contributed by atoms with van der Waals surface area (Å²) in [5.41, 5.74) is 0. The molecule has 1 fully saturated rings. The molecule has 0 bridgehead atoms. The second-order valence-electron chi connectivity index (χ2n) is 5.19. The number of rotatable bonds is 6. The van der Waals surface area contributed by atoms with E-state index in [1.807, 2.05) is 11.7 Å². The predicted octanol–water partition coefficient (Wildman–Crippen LogP) is 3.01. The Morgan fingerprint density at radius 2 is 2.00 bits per heavy atom. The maximum absolute atomic E-state index is 4.61. The van der Waals surface area contributed by atoms with Crippen molar-refractivity contribution in [3.63, 3.8) is 0 Å². The van der Waals surface area contributed by atoms with E-state index < -0.39 is 0 Å². The van der Waals surface area contributed by atoms with E-state index in [1.165, 1.54) is 38.5 Å². The Labute approximate surface area is 110 Å². The van der Waals surface area contributed by atoms with E-state index in [1.54, 1.807) is 0 Å². The van der Waals surface area contributed by atoms with Gasteiger partial charge in [-0.2, -0.15) is 5.10 Å². The number of piperidine rings is 1. The summed E-state index contributed by atoms with van der Waals surface area (Å²) < 4.78 is 1.97. The van der Waals surface area contributed by atoms with Gasteiger partial charge in [-0.1, -0.05) is 19.8 Å². The molecule has 0 amide bonds. The highest BCUT2D eigenvalue weighted by Crippen LogP contribution is 2.21. The minimum Gasteiger partial charge on any atom is -0.370 e. The Kier molecular flexibility index (Phi) is 4.90. The van der Waals surface area contributed by atoms with E-state index >= 15 is 0 Å². The van der Waals surface area contributed by atoms with Gasteiger partial charge in [0.05, 0.1) is 0 Å². The molecule has 102 valence electrons. The van der Waals surface area contributed by atoms with Crippen LogP contribution in [0.15, 0.2) is 6.07 Å². The van der Waals surface area contributed by atoms with Crippen molar-refractivity contribution in [2.24, 2.45) is 7.05 Å².